The number of carbonyl (C=O) groups is 2. The Labute approximate surface area is 167 Å². The Hall–Kier alpha value is -2.93. The van der Waals surface area contributed by atoms with E-state index < -0.39 is 5.91 Å². The van der Waals surface area contributed by atoms with E-state index in [4.69, 9.17) is 9.47 Å². The number of aryl methyl sites for hydroxylation is 1. The lowest BCUT2D eigenvalue weighted by Crippen LogP contribution is -2.32. The van der Waals surface area contributed by atoms with Gasteiger partial charge in [-0.3, -0.25) is 14.5 Å². The van der Waals surface area contributed by atoms with E-state index in [0.29, 0.717) is 23.7 Å². The van der Waals surface area contributed by atoms with E-state index in [0.717, 1.165) is 22.2 Å². The zero-order valence-electron chi connectivity index (χ0n) is 15.7. The van der Waals surface area contributed by atoms with E-state index in [1.165, 1.54) is 6.08 Å². The summed E-state index contributed by atoms with van der Waals surface area (Å²) in [5.74, 6) is 0.565. The molecule has 3 rings (SSSR count). The van der Waals surface area contributed by atoms with Crippen molar-refractivity contribution in [3.05, 3.63) is 58.5 Å². The highest BCUT2D eigenvalue weighted by Crippen LogP contribution is 2.36. The van der Waals surface area contributed by atoms with Gasteiger partial charge in [-0.15, -0.1) is 0 Å². The molecule has 1 fully saturated rings. The van der Waals surface area contributed by atoms with Crippen molar-refractivity contribution in [2.45, 2.75) is 13.8 Å². The summed E-state index contributed by atoms with van der Waals surface area (Å²) >= 11 is 0.844. The van der Waals surface area contributed by atoms with Gasteiger partial charge < -0.3 is 14.6 Å². The van der Waals surface area contributed by atoms with Crippen LogP contribution in [0.5, 0.6) is 17.2 Å². The third-order valence-corrected chi connectivity index (χ3v) is 5.00. The van der Waals surface area contributed by atoms with Gasteiger partial charge in [0.05, 0.1) is 18.1 Å². The van der Waals surface area contributed by atoms with Crippen LogP contribution in [-0.2, 0) is 4.79 Å². The van der Waals surface area contributed by atoms with Crippen LogP contribution >= 0.6 is 11.8 Å². The molecule has 1 N–H and O–H groups in total. The van der Waals surface area contributed by atoms with E-state index in [1.54, 1.807) is 18.2 Å². The standard InChI is InChI=1S/C21H21NO5S/c1-3-26-17-6-4-5-15(19(17)23)13-18-20(24)22(21(25)28-18)11-12-27-16-9-7-14(2)8-10-16/h4-10,13,23H,3,11-12H2,1-2H3/b18-13-. The number of imide groups is 1. The second kappa shape index (κ2) is 8.84. The van der Waals surface area contributed by atoms with Gasteiger partial charge in [0, 0.05) is 5.56 Å². The van der Waals surface area contributed by atoms with Crippen LogP contribution in [0.1, 0.15) is 18.1 Å². The molecule has 1 aliphatic heterocycles. The number of amides is 2. The molecule has 146 valence electrons. The van der Waals surface area contributed by atoms with E-state index in [-0.39, 0.29) is 29.0 Å². The summed E-state index contributed by atoms with van der Waals surface area (Å²) in [6.45, 7) is 4.57. The maximum Gasteiger partial charge on any atom is 0.293 e. The first-order valence-electron chi connectivity index (χ1n) is 8.89. The number of nitrogens with zero attached hydrogens (tertiary/aromatic N) is 1. The van der Waals surface area contributed by atoms with E-state index in [9.17, 15) is 14.7 Å². The lowest BCUT2D eigenvalue weighted by Gasteiger charge is -2.13. The van der Waals surface area contributed by atoms with Crippen LogP contribution in [0.2, 0.25) is 0 Å². The number of benzene rings is 2. The number of rotatable bonds is 7. The first-order chi connectivity index (χ1) is 13.5. The van der Waals surface area contributed by atoms with Crippen molar-refractivity contribution < 1.29 is 24.2 Å². The van der Waals surface area contributed by atoms with Crippen LogP contribution in [0.4, 0.5) is 4.79 Å². The zero-order chi connectivity index (χ0) is 20.1. The average molecular weight is 399 g/mol. The molecule has 1 heterocycles. The molecule has 1 saturated heterocycles. The lowest BCUT2D eigenvalue weighted by atomic mass is 10.1. The minimum Gasteiger partial charge on any atom is -0.504 e. The van der Waals surface area contributed by atoms with Crippen molar-refractivity contribution >= 4 is 29.0 Å². The van der Waals surface area contributed by atoms with E-state index >= 15 is 0 Å². The Morgan fingerprint density at radius 3 is 2.57 bits per heavy atom. The van der Waals surface area contributed by atoms with Gasteiger partial charge in [0.1, 0.15) is 12.4 Å². The summed E-state index contributed by atoms with van der Waals surface area (Å²) in [6.07, 6.45) is 1.50. The second-order valence-corrected chi connectivity index (χ2v) is 7.12. The topological polar surface area (TPSA) is 76.1 Å². The predicted molar refractivity (Wildman–Crippen MR) is 109 cm³/mol. The molecule has 2 aromatic carbocycles. The number of hydrogen-bond donors (Lipinski definition) is 1. The maximum absolute atomic E-state index is 12.6. The number of carbonyl (C=O) groups excluding carboxylic acids is 2. The summed E-state index contributed by atoms with van der Waals surface area (Å²) in [6, 6.07) is 12.6. The minimum absolute atomic E-state index is 0.0566. The minimum atomic E-state index is -0.399. The average Bonchev–Trinajstić information content (AvgIpc) is 2.94. The monoisotopic (exact) mass is 399 g/mol. The summed E-state index contributed by atoms with van der Waals surface area (Å²) in [7, 11) is 0. The van der Waals surface area contributed by atoms with Crippen LogP contribution in [0, 0.1) is 6.92 Å². The van der Waals surface area contributed by atoms with E-state index in [2.05, 4.69) is 0 Å². The largest absolute Gasteiger partial charge is 0.504 e. The number of phenolic OH excluding ortho intramolecular Hbond substituents is 1. The van der Waals surface area contributed by atoms with Crippen LogP contribution in [-0.4, -0.2) is 40.9 Å². The van der Waals surface area contributed by atoms with Crippen molar-refractivity contribution in [2.75, 3.05) is 19.8 Å². The molecule has 0 aromatic heterocycles. The number of phenols is 1. The number of ether oxygens (including phenoxy) is 2. The number of hydrogen-bond acceptors (Lipinski definition) is 6. The van der Waals surface area contributed by atoms with Crippen LogP contribution in [0.25, 0.3) is 6.08 Å². The smallest absolute Gasteiger partial charge is 0.293 e. The van der Waals surface area contributed by atoms with Gasteiger partial charge >= 0.3 is 0 Å². The highest BCUT2D eigenvalue weighted by molar-refractivity contribution is 8.18. The summed E-state index contributed by atoms with van der Waals surface area (Å²) in [5.41, 5.74) is 1.55. The van der Waals surface area contributed by atoms with Gasteiger partial charge in [-0.25, -0.2) is 0 Å². The van der Waals surface area contributed by atoms with E-state index in [1.807, 2.05) is 38.1 Å². The fraction of sp³-hybridized carbons (Fsp3) is 0.238. The van der Waals surface area contributed by atoms with Crippen LogP contribution in [0.3, 0.4) is 0 Å². The van der Waals surface area contributed by atoms with Gasteiger partial charge in [-0.05, 0) is 49.9 Å². The zero-order valence-corrected chi connectivity index (χ0v) is 16.5. The molecule has 0 aliphatic carbocycles. The molecule has 0 radical (unpaired) electrons. The maximum atomic E-state index is 12.6. The normalized spacial score (nSPS) is 15.4. The quantitative estimate of drug-likeness (QED) is 0.703. The Balaban J connectivity index is 1.67. The third kappa shape index (κ3) is 4.48. The third-order valence-electron chi connectivity index (χ3n) is 4.09. The van der Waals surface area contributed by atoms with Crippen LogP contribution in [0.15, 0.2) is 47.4 Å². The molecule has 0 spiro atoms. The number of aromatic hydroxyl groups is 1. The molecule has 0 atom stereocenters. The Bertz CT molecular complexity index is 908. The molecule has 0 saturated carbocycles. The summed E-state index contributed by atoms with van der Waals surface area (Å²) < 4.78 is 11.0. The molecule has 2 aromatic rings. The molecule has 7 heteroatoms. The van der Waals surface area contributed by atoms with Crippen molar-refractivity contribution in [1.82, 2.24) is 4.90 Å². The number of para-hydroxylation sites is 1. The first-order valence-corrected chi connectivity index (χ1v) is 9.71. The van der Waals surface area contributed by atoms with Crippen molar-refractivity contribution in [3.63, 3.8) is 0 Å². The van der Waals surface area contributed by atoms with Crippen molar-refractivity contribution in [2.24, 2.45) is 0 Å². The molecular formula is C21H21NO5S. The molecule has 0 unspecified atom stereocenters. The van der Waals surface area contributed by atoms with Crippen LogP contribution < -0.4 is 9.47 Å². The molecule has 2 amide bonds. The Kier molecular flexibility index (Phi) is 6.26. The number of thioether (sulfide) groups is 1. The first kappa shape index (κ1) is 19.8. The molecule has 6 nitrogen and oxygen atoms in total. The van der Waals surface area contributed by atoms with Gasteiger partial charge in [-0.1, -0.05) is 29.8 Å². The molecular weight excluding hydrogens is 378 g/mol. The molecule has 1 aliphatic rings. The van der Waals surface area contributed by atoms with Crippen molar-refractivity contribution in [1.29, 1.82) is 0 Å². The van der Waals surface area contributed by atoms with Gasteiger partial charge in [0.15, 0.2) is 11.5 Å². The summed E-state index contributed by atoms with van der Waals surface area (Å²) in [4.78, 5) is 26.2. The van der Waals surface area contributed by atoms with Crippen molar-refractivity contribution in [3.8, 4) is 17.2 Å². The molecule has 0 bridgehead atoms. The van der Waals surface area contributed by atoms with Gasteiger partial charge in [0.25, 0.3) is 11.1 Å². The fourth-order valence-electron chi connectivity index (χ4n) is 2.65. The highest BCUT2D eigenvalue weighted by Gasteiger charge is 2.35. The summed E-state index contributed by atoms with van der Waals surface area (Å²) in [5, 5.41) is 9.92. The second-order valence-electron chi connectivity index (χ2n) is 6.12. The van der Waals surface area contributed by atoms with Gasteiger partial charge in [-0.2, -0.15) is 0 Å². The Morgan fingerprint density at radius 2 is 1.86 bits per heavy atom. The molecule has 28 heavy (non-hydrogen) atoms. The predicted octanol–water partition coefficient (Wildman–Crippen LogP) is 4.21. The fourth-order valence-corrected chi connectivity index (χ4v) is 3.51. The SMILES string of the molecule is CCOc1cccc(/C=C2\SC(=O)N(CCOc3ccc(C)cc3)C2=O)c1O. The highest BCUT2D eigenvalue weighted by atomic mass is 32.2. The van der Waals surface area contributed by atoms with Gasteiger partial charge in [0.2, 0.25) is 0 Å². The Morgan fingerprint density at radius 1 is 1.11 bits per heavy atom. The lowest BCUT2D eigenvalue weighted by molar-refractivity contribution is -0.123.